The smallest absolute Gasteiger partial charge is 0.264 e. The Morgan fingerprint density at radius 1 is 1.25 bits per heavy atom. The molecule has 1 atom stereocenters. The molecule has 6 heteroatoms. The lowest BCUT2D eigenvalue weighted by atomic mass is 10.1. The van der Waals surface area contributed by atoms with E-state index in [0.29, 0.717) is 6.54 Å². The van der Waals surface area contributed by atoms with Crippen LogP contribution in [0.5, 0.6) is 0 Å². The molecule has 1 saturated carbocycles. The quantitative estimate of drug-likeness (QED) is 0.706. The Kier molecular flexibility index (Phi) is 6.39. The summed E-state index contributed by atoms with van der Waals surface area (Å²) in [5.41, 5.74) is 2.88. The number of anilines is 2. The number of carbonyl (C=O) groups excluding carboxylic acids is 2. The van der Waals surface area contributed by atoms with Crippen molar-refractivity contribution in [2.75, 3.05) is 24.3 Å². The fraction of sp³-hybridized carbons (Fsp3) is 0.455. The third kappa shape index (κ3) is 4.73. The number of nitrogens with zero attached hydrogens (tertiary/aromatic N) is 2. The highest BCUT2D eigenvalue weighted by molar-refractivity contribution is 7.12. The second-order valence-electron chi connectivity index (χ2n) is 7.67. The third-order valence-corrected chi connectivity index (χ3v) is 6.09. The predicted molar refractivity (Wildman–Crippen MR) is 116 cm³/mol. The van der Waals surface area contributed by atoms with E-state index >= 15 is 0 Å². The number of thiophene rings is 1. The standard InChI is InChI=1S/C22H29N3O2S/c1-5-15(2)25(22(27)20-7-6-12-28-20)14-17-13-18(10-11-19(17)24(3)4)23-21(26)16-8-9-16/h6-7,10-13,15-16H,5,8-9,14H2,1-4H3,(H,23,26). The molecule has 28 heavy (non-hydrogen) atoms. The van der Waals surface area contributed by atoms with Crippen molar-refractivity contribution in [2.24, 2.45) is 5.92 Å². The zero-order valence-electron chi connectivity index (χ0n) is 17.1. The van der Waals surface area contributed by atoms with Crippen molar-refractivity contribution in [1.82, 2.24) is 4.90 Å². The monoisotopic (exact) mass is 399 g/mol. The molecule has 0 radical (unpaired) electrons. The topological polar surface area (TPSA) is 52.7 Å². The van der Waals surface area contributed by atoms with Gasteiger partial charge >= 0.3 is 0 Å². The zero-order chi connectivity index (χ0) is 20.3. The van der Waals surface area contributed by atoms with Gasteiger partial charge in [0.15, 0.2) is 0 Å². The van der Waals surface area contributed by atoms with E-state index in [1.807, 2.05) is 59.6 Å². The fourth-order valence-corrected chi connectivity index (χ4v) is 3.87. The Balaban J connectivity index is 1.89. The van der Waals surface area contributed by atoms with E-state index in [1.165, 1.54) is 11.3 Å². The molecule has 0 saturated heterocycles. The molecule has 1 aliphatic rings. The van der Waals surface area contributed by atoms with Gasteiger partial charge in [0.1, 0.15) is 0 Å². The molecule has 1 N–H and O–H groups in total. The lowest BCUT2D eigenvalue weighted by molar-refractivity contribution is -0.117. The minimum atomic E-state index is 0.0569. The maximum Gasteiger partial charge on any atom is 0.264 e. The van der Waals surface area contributed by atoms with Gasteiger partial charge in [0, 0.05) is 44.0 Å². The van der Waals surface area contributed by atoms with Crippen LogP contribution in [-0.2, 0) is 11.3 Å². The van der Waals surface area contributed by atoms with E-state index in [0.717, 1.165) is 41.1 Å². The number of hydrogen-bond acceptors (Lipinski definition) is 4. The minimum absolute atomic E-state index is 0.0569. The van der Waals surface area contributed by atoms with Crippen LogP contribution in [0.3, 0.4) is 0 Å². The number of nitrogens with one attached hydrogen (secondary N) is 1. The summed E-state index contributed by atoms with van der Waals surface area (Å²) in [6.07, 6.45) is 2.84. The maximum absolute atomic E-state index is 13.1. The molecule has 0 bridgehead atoms. The normalized spacial score (nSPS) is 14.4. The molecule has 1 fully saturated rings. The van der Waals surface area contributed by atoms with Crippen LogP contribution in [0.15, 0.2) is 35.7 Å². The summed E-state index contributed by atoms with van der Waals surface area (Å²) in [6, 6.07) is 9.87. The molecule has 2 amide bonds. The van der Waals surface area contributed by atoms with Crippen molar-refractivity contribution < 1.29 is 9.59 Å². The predicted octanol–water partition coefficient (Wildman–Crippen LogP) is 4.60. The summed E-state index contributed by atoms with van der Waals surface area (Å²) in [7, 11) is 3.99. The van der Waals surface area contributed by atoms with Crippen molar-refractivity contribution in [2.45, 2.75) is 45.7 Å². The lowest BCUT2D eigenvalue weighted by Crippen LogP contribution is -2.37. The SMILES string of the molecule is CCC(C)N(Cc1cc(NC(=O)C2CC2)ccc1N(C)C)C(=O)c1cccs1. The van der Waals surface area contributed by atoms with Gasteiger partial charge in [-0.05, 0) is 61.4 Å². The van der Waals surface area contributed by atoms with Crippen LogP contribution in [-0.4, -0.2) is 36.9 Å². The summed E-state index contributed by atoms with van der Waals surface area (Å²) >= 11 is 1.47. The fourth-order valence-electron chi connectivity index (χ4n) is 3.19. The first kappa shape index (κ1) is 20.4. The van der Waals surface area contributed by atoms with Crippen molar-refractivity contribution in [1.29, 1.82) is 0 Å². The average molecular weight is 400 g/mol. The van der Waals surface area contributed by atoms with E-state index in [9.17, 15) is 9.59 Å². The van der Waals surface area contributed by atoms with Gasteiger partial charge in [-0.2, -0.15) is 0 Å². The molecule has 1 aromatic heterocycles. The van der Waals surface area contributed by atoms with Gasteiger partial charge in [-0.3, -0.25) is 9.59 Å². The number of hydrogen-bond donors (Lipinski definition) is 1. The number of carbonyl (C=O) groups is 2. The first-order valence-corrected chi connectivity index (χ1v) is 10.7. The Labute approximate surface area is 171 Å². The van der Waals surface area contributed by atoms with Gasteiger partial charge in [-0.1, -0.05) is 13.0 Å². The van der Waals surface area contributed by atoms with Crippen LogP contribution in [0, 0.1) is 5.92 Å². The van der Waals surface area contributed by atoms with Crippen molar-refractivity contribution in [3.05, 3.63) is 46.2 Å². The molecule has 3 rings (SSSR count). The summed E-state index contributed by atoms with van der Waals surface area (Å²) in [5, 5.41) is 4.96. The van der Waals surface area contributed by atoms with E-state index in [1.54, 1.807) is 0 Å². The second-order valence-corrected chi connectivity index (χ2v) is 8.62. The number of amides is 2. The molecule has 1 heterocycles. The third-order valence-electron chi connectivity index (χ3n) is 5.23. The maximum atomic E-state index is 13.1. The molecular weight excluding hydrogens is 370 g/mol. The molecule has 0 spiro atoms. The first-order chi connectivity index (χ1) is 13.4. The second kappa shape index (κ2) is 8.78. The Bertz CT molecular complexity index is 828. The van der Waals surface area contributed by atoms with Gasteiger partial charge in [-0.15, -0.1) is 11.3 Å². The van der Waals surface area contributed by atoms with Gasteiger partial charge < -0.3 is 15.1 Å². The average Bonchev–Trinajstić information content (AvgIpc) is 3.39. The molecule has 150 valence electrons. The van der Waals surface area contributed by atoms with Crippen molar-refractivity contribution in [3.8, 4) is 0 Å². The Hall–Kier alpha value is -2.34. The number of rotatable bonds is 8. The highest BCUT2D eigenvalue weighted by Crippen LogP contribution is 2.31. The molecule has 1 aliphatic carbocycles. The molecule has 0 aliphatic heterocycles. The highest BCUT2D eigenvalue weighted by Gasteiger charge is 2.30. The summed E-state index contributed by atoms with van der Waals surface area (Å²) < 4.78 is 0. The largest absolute Gasteiger partial charge is 0.377 e. The van der Waals surface area contributed by atoms with Gasteiger partial charge in [0.2, 0.25) is 5.91 Å². The molecule has 5 nitrogen and oxygen atoms in total. The van der Waals surface area contributed by atoms with Crippen LogP contribution < -0.4 is 10.2 Å². The van der Waals surface area contributed by atoms with Crippen LogP contribution >= 0.6 is 11.3 Å². The summed E-state index contributed by atoms with van der Waals surface area (Å²) in [4.78, 5) is 30.0. The zero-order valence-corrected chi connectivity index (χ0v) is 17.9. The molecule has 1 aromatic carbocycles. The molecule has 2 aromatic rings. The van der Waals surface area contributed by atoms with Crippen molar-refractivity contribution >= 4 is 34.5 Å². The van der Waals surface area contributed by atoms with E-state index < -0.39 is 0 Å². The van der Waals surface area contributed by atoms with Gasteiger partial charge in [0.05, 0.1) is 4.88 Å². The van der Waals surface area contributed by atoms with E-state index in [-0.39, 0.29) is 23.8 Å². The van der Waals surface area contributed by atoms with Crippen LogP contribution in [0.1, 0.15) is 48.3 Å². The molecule has 1 unspecified atom stereocenters. The van der Waals surface area contributed by atoms with E-state index in [4.69, 9.17) is 0 Å². The van der Waals surface area contributed by atoms with Gasteiger partial charge in [0.25, 0.3) is 5.91 Å². The van der Waals surface area contributed by atoms with Crippen LogP contribution in [0.4, 0.5) is 11.4 Å². The minimum Gasteiger partial charge on any atom is -0.377 e. The summed E-state index contributed by atoms with van der Waals surface area (Å²) in [6.45, 7) is 4.68. The molecular formula is C22H29N3O2S. The van der Waals surface area contributed by atoms with Crippen LogP contribution in [0.2, 0.25) is 0 Å². The lowest BCUT2D eigenvalue weighted by Gasteiger charge is -2.30. The Morgan fingerprint density at radius 3 is 2.57 bits per heavy atom. The highest BCUT2D eigenvalue weighted by atomic mass is 32.1. The first-order valence-electron chi connectivity index (χ1n) is 9.86. The van der Waals surface area contributed by atoms with E-state index in [2.05, 4.69) is 19.2 Å². The number of benzene rings is 1. The van der Waals surface area contributed by atoms with Gasteiger partial charge in [-0.25, -0.2) is 0 Å². The van der Waals surface area contributed by atoms with Crippen LogP contribution in [0.25, 0.3) is 0 Å². The Morgan fingerprint density at radius 2 is 2.00 bits per heavy atom. The summed E-state index contributed by atoms with van der Waals surface area (Å²) in [5.74, 6) is 0.312. The van der Waals surface area contributed by atoms with Crippen molar-refractivity contribution in [3.63, 3.8) is 0 Å².